The zero-order valence-corrected chi connectivity index (χ0v) is 33.3. The Morgan fingerprint density at radius 3 is 1.67 bits per heavy atom. The van der Waals surface area contributed by atoms with E-state index < -0.39 is 0 Å². The molecule has 2 aromatic rings. The molecule has 0 heterocycles. The van der Waals surface area contributed by atoms with E-state index in [4.69, 9.17) is 0 Å². The summed E-state index contributed by atoms with van der Waals surface area (Å²) in [5, 5.41) is 0. The summed E-state index contributed by atoms with van der Waals surface area (Å²) in [6, 6.07) is 15.3. The second-order valence-electron chi connectivity index (χ2n) is 18.9. The molecule has 4 bridgehead atoms. The van der Waals surface area contributed by atoms with Crippen LogP contribution in [-0.4, -0.2) is 0 Å². The van der Waals surface area contributed by atoms with Crippen LogP contribution in [-0.2, 0) is 37.0 Å². The SMILES string of the molecule is CC(C)(C)c1ccc2c(c1)-c1cc(C(C)(C)C)ccc1C2C1(C)C2=C(CC(C34CC5CC(CC(C5)C3)C4)=C2)C2CCCC21.[Cl-].[Cl-].[Zr+2]. The van der Waals surface area contributed by atoms with Crippen LogP contribution in [0.1, 0.15) is 141 Å². The van der Waals surface area contributed by atoms with E-state index in [0.717, 1.165) is 29.6 Å². The molecule has 0 aromatic heterocycles. The maximum atomic E-state index is 2.89. The number of fused-ring (bicyclic) bond motifs is 5. The number of hydrogen-bond donors (Lipinski definition) is 0. The Balaban J connectivity index is 0.00000124. The van der Waals surface area contributed by atoms with Crippen molar-refractivity contribution in [2.45, 2.75) is 129 Å². The van der Waals surface area contributed by atoms with E-state index in [1.807, 2.05) is 16.7 Å². The van der Waals surface area contributed by atoms with E-state index in [1.54, 1.807) is 30.4 Å². The van der Waals surface area contributed by atoms with Crippen molar-refractivity contribution in [3.63, 3.8) is 0 Å². The number of hydrogen-bond acceptors (Lipinski definition) is 0. The minimum Gasteiger partial charge on any atom is -1.00 e. The molecule has 46 heavy (non-hydrogen) atoms. The molecule has 0 saturated heterocycles. The second kappa shape index (κ2) is 11.5. The molecule has 244 valence electrons. The van der Waals surface area contributed by atoms with Crippen molar-refractivity contribution in [3.8, 4) is 11.1 Å². The molecule has 3 heteroatoms. The first-order valence-electron chi connectivity index (χ1n) is 18.1. The molecule has 0 aliphatic heterocycles. The van der Waals surface area contributed by atoms with Crippen LogP contribution in [0, 0.1) is 40.4 Å². The summed E-state index contributed by atoms with van der Waals surface area (Å²) in [5.41, 5.74) is 15.9. The average Bonchev–Trinajstić information content (AvgIpc) is 3.69. The van der Waals surface area contributed by atoms with Gasteiger partial charge < -0.3 is 24.8 Å². The molecule has 3 atom stereocenters. The van der Waals surface area contributed by atoms with Crippen molar-refractivity contribution < 1.29 is 51.0 Å². The maximum absolute atomic E-state index is 2.89. The first kappa shape index (κ1) is 35.2. The Kier molecular flexibility index (Phi) is 8.77. The molecular weight excluding hydrogens is 679 g/mol. The van der Waals surface area contributed by atoms with Gasteiger partial charge in [-0.2, -0.15) is 0 Å². The van der Waals surface area contributed by atoms with Gasteiger partial charge >= 0.3 is 26.2 Å². The molecule has 5 fully saturated rings. The Morgan fingerprint density at radius 1 is 0.696 bits per heavy atom. The van der Waals surface area contributed by atoms with Crippen LogP contribution in [0.2, 0.25) is 0 Å². The van der Waals surface area contributed by atoms with Crippen molar-refractivity contribution >= 4 is 0 Å². The smallest absolute Gasteiger partial charge is 1.00 e. The molecule has 0 nitrogen and oxygen atoms in total. The third-order valence-electron chi connectivity index (χ3n) is 14.4. The molecule has 0 N–H and O–H groups in total. The Morgan fingerprint density at radius 2 is 1.20 bits per heavy atom. The van der Waals surface area contributed by atoms with Crippen LogP contribution in [0.5, 0.6) is 0 Å². The van der Waals surface area contributed by atoms with Crippen LogP contribution in [0.15, 0.2) is 59.2 Å². The minimum absolute atomic E-state index is 0. The van der Waals surface area contributed by atoms with E-state index in [0.29, 0.717) is 11.3 Å². The number of benzene rings is 2. The van der Waals surface area contributed by atoms with Gasteiger partial charge in [0.2, 0.25) is 0 Å². The first-order chi connectivity index (χ1) is 20.3. The molecule has 3 unspecified atom stereocenters. The van der Waals surface area contributed by atoms with E-state index in [9.17, 15) is 0 Å². The standard InChI is InChI=1S/C43H54.2ClH.Zr/c1-40(2,3)28-11-13-32-34(18-28)35-19-29(41(4,5)6)12-14-33(35)39(32)42(7)37-10-8-9-31(37)36-20-30(21-38(36)42)43-22-25-15-26(23-43)17-27(16-25)24-43;;;/h11-14,18-19,21,25-27,31,37,39H,8-10,15-17,20,22-24H2,1-7H3;2*1H;/q;;;+2/p-2. The Hall–Kier alpha value is -0.617. The van der Waals surface area contributed by atoms with E-state index in [-0.39, 0.29) is 67.3 Å². The Bertz CT molecular complexity index is 1510. The predicted octanol–water partition coefficient (Wildman–Crippen LogP) is 5.68. The fourth-order valence-corrected chi connectivity index (χ4v) is 12.8. The molecule has 5 saturated carbocycles. The van der Waals surface area contributed by atoms with Crippen molar-refractivity contribution in [1.29, 1.82) is 0 Å². The van der Waals surface area contributed by atoms with Gasteiger partial charge in [0.05, 0.1) is 0 Å². The number of halogens is 2. The number of rotatable bonds is 2. The van der Waals surface area contributed by atoms with Gasteiger partial charge in [-0.05, 0) is 143 Å². The van der Waals surface area contributed by atoms with Gasteiger partial charge in [-0.1, -0.05) is 109 Å². The molecule has 8 aliphatic carbocycles. The molecular formula is C43H54Cl2Zr. The van der Waals surface area contributed by atoms with Gasteiger partial charge in [0, 0.05) is 11.3 Å². The van der Waals surface area contributed by atoms with E-state index in [1.165, 1.54) is 67.2 Å². The summed E-state index contributed by atoms with van der Waals surface area (Å²) in [5.74, 6) is 5.14. The van der Waals surface area contributed by atoms with Gasteiger partial charge in [-0.15, -0.1) is 0 Å². The molecule has 0 spiro atoms. The fourth-order valence-electron chi connectivity index (χ4n) is 12.8. The largest absolute Gasteiger partial charge is 2.00 e. The third kappa shape index (κ3) is 4.88. The quantitative estimate of drug-likeness (QED) is 0.373. The summed E-state index contributed by atoms with van der Waals surface area (Å²) in [4.78, 5) is 0. The molecule has 2 aromatic carbocycles. The van der Waals surface area contributed by atoms with Crippen molar-refractivity contribution in [1.82, 2.24) is 0 Å². The Labute approximate surface area is 311 Å². The summed E-state index contributed by atoms with van der Waals surface area (Å²) in [7, 11) is 0. The van der Waals surface area contributed by atoms with Crippen molar-refractivity contribution in [3.05, 3.63) is 81.4 Å². The normalized spacial score (nSPS) is 35.1. The zero-order chi connectivity index (χ0) is 29.7. The summed E-state index contributed by atoms with van der Waals surface area (Å²) in [6.45, 7) is 17.0. The molecule has 10 rings (SSSR count). The minimum atomic E-state index is 0. The van der Waals surface area contributed by atoms with Crippen LogP contribution in [0.4, 0.5) is 0 Å². The summed E-state index contributed by atoms with van der Waals surface area (Å²) >= 11 is 0. The topological polar surface area (TPSA) is 0 Å². The summed E-state index contributed by atoms with van der Waals surface area (Å²) in [6.07, 6.45) is 17.7. The second-order valence-corrected chi connectivity index (χ2v) is 18.9. The van der Waals surface area contributed by atoms with Crippen LogP contribution < -0.4 is 24.8 Å². The van der Waals surface area contributed by atoms with Gasteiger partial charge in [0.15, 0.2) is 0 Å². The monoisotopic (exact) mass is 730 g/mol. The van der Waals surface area contributed by atoms with Crippen molar-refractivity contribution in [2.75, 3.05) is 0 Å². The predicted molar refractivity (Wildman–Crippen MR) is 180 cm³/mol. The van der Waals surface area contributed by atoms with Crippen LogP contribution in [0.25, 0.3) is 11.1 Å². The number of allylic oxidation sites excluding steroid dienone is 4. The zero-order valence-electron chi connectivity index (χ0n) is 29.3. The third-order valence-corrected chi connectivity index (χ3v) is 14.4. The van der Waals surface area contributed by atoms with Gasteiger partial charge in [-0.3, -0.25) is 0 Å². The van der Waals surface area contributed by atoms with Crippen LogP contribution >= 0.6 is 0 Å². The van der Waals surface area contributed by atoms with Gasteiger partial charge in [-0.25, -0.2) is 0 Å². The first-order valence-corrected chi connectivity index (χ1v) is 18.1. The van der Waals surface area contributed by atoms with Gasteiger partial charge in [0.25, 0.3) is 0 Å². The molecule has 0 radical (unpaired) electrons. The summed E-state index contributed by atoms with van der Waals surface area (Å²) < 4.78 is 0. The molecule has 8 aliphatic rings. The van der Waals surface area contributed by atoms with E-state index in [2.05, 4.69) is 90.9 Å². The molecule has 0 amide bonds. The van der Waals surface area contributed by atoms with Crippen molar-refractivity contribution in [2.24, 2.45) is 40.4 Å². The maximum Gasteiger partial charge on any atom is 2.00 e. The fraction of sp³-hybridized carbons (Fsp3) is 0.628. The van der Waals surface area contributed by atoms with E-state index >= 15 is 0 Å². The average molecular weight is 733 g/mol. The van der Waals surface area contributed by atoms with Crippen LogP contribution in [0.3, 0.4) is 0 Å². The van der Waals surface area contributed by atoms with Gasteiger partial charge in [0.1, 0.15) is 0 Å².